The summed E-state index contributed by atoms with van der Waals surface area (Å²) in [6, 6.07) is 25.4. The molecule has 0 unspecified atom stereocenters. The average Bonchev–Trinajstić information content (AvgIpc) is 3.46. The first-order chi connectivity index (χ1) is 21.1. The van der Waals surface area contributed by atoms with Crippen molar-refractivity contribution in [1.82, 2.24) is 19.4 Å². The molecule has 230 valence electrons. The lowest BCUT2D eigenvalue weighted by Gasteiger charge is -2.43. The third-order valence-electron chi connectivity index (χ3n) is 8.74. The molecule has 3 heterocycles. The molecule has 2 saturated heterocycles. The summed E-state index contributed by atoms with van der Waals surface area (Å²) in [5.74, 6) is -0.231. The first kappa shape index (κ1) is 29.7. The van der Waals surface area contributed by atoms with Crippen LogP contribution in [0.3, 0.4) is 0 Å². The molecule has 4 aromatic rings. The minimum Gasteiger partial charge on any atom is -0.456 e. The summed E-state index contributed by atoms with van der Waals surface area (Å²) < 4.78 is 7.38. The summed E-state index contributed by atoms with van der Waals surface area (Å²) in [6.07, 6.45) is 2.30. The van der Waals surface area contributed by atoms with Gasteiger partial charge in [0.05, 0.1) is 23.3 Å². The molecule has 0 bridgehead atoms. The predicted molar refractivity (Wildman–Crippen MR) is 172 cm³/mol. The summed E-state index contributed by atoms with van der Waals surface area (Å²) in [7, 11) is 0. The van der Waals surface area contributed by atoms with Gasteiger partial charge in [-0.3, -0.25) is 9.36 Å². The highest BCUT2D eigenvalue weighted by atomic mass is 16.6. The number of anilines is 1. The summed E-state index contributed by atoms with van der Waals surface area (Å²) in [5, 5.41) is 0. The number of piperidine rings is 1. The second kappa shape index (κ2) is 12.0. The quantitative estimate of drug-likeness (QED) is 0.288. The van der Waals surface area contributed by atoms with Crippen LogP contribution in [0.2, 0.25) is 0 Å². The number of amides is 1. The number of carbonyl (C=O) groups excluding carboxylic acids is 2. The van der Waals surface area contributed by atoms with Gasteiger partial charge in [0, 0.05) is 31.9 Å². The normalized spacial score (nSPS) is 17.1. The van der Waals surface area contributed by atoms with E-state index in [2.05, 4.69) is 26.9 Å². The highest BCUT2D eigenvalue weighted by Crippen LogP contribution is 2.40. The Hall–Kier alpha value is -4.37. The molecule has 3 aromatic carbocycles. The number of ether oxygens (including phenoxy) is 1. The first-order valence-electron chi connectivity index (χ1n) is 15.5. The summed E-state index contributed by atoms with van der Waals surface area (Å²) in [5.41, 5.74) is 2.95. The van der Waals surface area contributed by atoms with Crippen molar-refractivity contribution in [1.29, 1.82) is 0 Å². The Bertz CT molecular complexity index is 1700. The lowest BCUT2D eigenvalue weighted by atomic mass is 9.85. The molecule has 0 saturated carbocycles. The van der Waals surface area contributed by atoms with Crippen molar-refractivity contribution in [3.63, 3.8) is 0 Å². The molecule has 0 radical (unpaired) electrons. The molecule has 1 spiro atoms. The minimum atomic E-state index is -0.617. The Labute approximate surface area is 258 Å². The van der Waals surface area contributed by atoms with Crippen LogP contribution in [-0.4, -0.2) is 68.7 Å². The van der Waals surface area contributed by atoms with Gasteiger partial charge in [0.1, 0.15) is 11.1 Å². The van der Waals surface area contributed by atoms with E-state index < -0.39 is 11.1 Å². The van der Waals surface area contributed by atoms with Gasteiger partial charge in [0.15, 0.2) is 0 Å². The van der Waals surface area contributed by atoms with E-state index in [-0.39, 0.29) is 17.6 Å². The van der Waals surface area contributed by atoms with E-state index in [4.69, 9.17) is 4.74 Å². The van der Waals surface area contributed by atoms with E-state index in [1.165, 1.54) is 0 Å². The van der Waals surface area contributed by atoms with Crippen molar-refractivity contribution in [2.45, 2.75) is 64.3 Å². The molecular weight excluding hydrogens is 554 g/mol. The number of hydrogen-bond donors (Lipinski definition) is 1. The molecule has 1 aromatic heterocycles. The second-order valence-corrected chi connectivity index (χ2v) is 12.9. The average molecular weight is 596 g/mol. The molecule has 1 amide bonds. The second-order valence-electron chi connectivity index (χ2n) is 12.9. The molecule has 44 heavy (non-hydrogen) atoms. The number of H-pyrrole nitrogens is 1. The Morgan fingerprint density at radius 3 is 2.39 bits per heavy atom. The summed E-state index contributed by atoms with van der Waals surface area (Å²) in [6.45, 7) is 9.59. The number of likely N-dealkylation sites (tertiary alicyclic amines) is 1. The smallest absolute Gasteiger partial charge is 0.338 e. The standard InChI is InChI=1S/C35H41N5O4/c1-34(2,3)44-31(41)27-12-9-11-26(23-27)24-38-25-40(28-13-5-4-6-14-28)35(32(38)42)17-21-37(22-18-35)19-10-20-39-30-16-8-7-15-29(30)36-33(39)43/h4-9,11-16,23H,10,17-22,24-25H2,1-3H3,(H,36,43). The topological polar surface area (TPSA) is 90.9 Å². The van der Waals surface area contributed by atoms with Crippen molar-refractivity contribution >= 4 is 28.6 Å². The molecule has 1 N–H and O–H groups in total. The highest BCUT2D eigenvalue weighted by molar-refractivity contribution is 5.94. The van der Waals surface area contributed by atoms with Crippen LogP contribution >= 0.6 is 0 Å². The van der Waals surface area contributed by atoms with E-state index in [0.717, 1.165) is 61.2 Å². The largest absolute Gasteiger partial charge is 0.456 e. The fourth-order valence-electron chi connectivity index (χ4n) is 6.60. The number of aryl methyl sites for hydroxylation is 1. The molecule has 6 rings (SSSR count). The van der Waals surface area contributed by atoms with Crippen LogP contribution in [0.25, 0.3) is 11.0 Å². The number of aromatic nitrogens is 2. The monoisotopic (exact) mass is 595 g/mol. The third-order valence-corrected chi connectivity index (χ3v) is 8.74. The van der Waals surface area contributed by atoms with E-state index in [1.54, 1.807) is 6.07 Å². The number of benzene rings is 3. The third kappa shape index (κ3) is 6.01. The van der Waals surface area contributed by atoms with Crippen molar-refractivity contribution in [2.24, 2.45) is 0 Å². The number of esters is 1. The zero-order valence-corrected chi connectivity index (χ0v) is 25.8. The lowest BCUT2D eigenvalue weighted by molar-refractivity contribution is -0.134. The fraction of sp³-hybridized carbons (Fsp3) is 0.400. The maximum absolute atomic E-state index is 14.2. The van der Waals surface area contributed by atoms with E-state index in [9.17, 15) is 14.4 Å². The maximum atomic E-state index is 14.2. The van der Waals surface area contributed by atoms with Crippen LogP contribution in [0.15, 0.2) is 83.7 Å². The van der Waals surface area contributed by atoms with E-state index in [1.807, 2.05) is 90.9 Å². The Morgan fingerprint density at radius 1 is 0.909 bits per heavy atom. The number of carbonyl (C=O) groups is 2. The Kier molecular flexibility index (Phi) is 8.07. The van der Waals surface area contributed by atoms with Gasteiger partial charge in [0.2, 0.25) is 5.91 Å². The number of hydrogen-bond acceptors (Lipinski definition) is 6. The lowest BCUT2D eigenvalue weighted by Crippen LogP contribution is -2.56. The summed E-state index contributed by atoms with van der Waals surface area (Å²) in [4.78, 5) is 49.0. The number of para-hydroxylation sites is 3. The zero-order valence-electron chi connectivity index (χ0n) is 25.8. The van der Waals surface area contributed by atoms with Crippen molar-refractivity contribution in [2.75, 3.05) is 31.2 Å². The van der Waals surface area contributed by atoms with Crippen LogP contribution in [0, 0.1) is 0 Å². The maximum Gasteiger partial charge on any atom is 0.338 e. The van der Waals surface area contributed by atoms with Gasteiger partial charge in [-0.25, -0.2) is 9.59 Å². The summed E-state index contributed by atoms with van der Waals surface area (Å²) >= 11 is 0. The van der Waals surface area contributed by atoms with Crippen molar-refractivity contribution in [3.8, 4) is 0 Å². The van der Waals surface area contributed by atoms with Gasteiger partial charge in [-0.15, -0.1) is 0 Å². The molecule has 2 fully saturated rings. The van der Waals surface area contributed by atoms with Gasteiger partial charge in [-0.2, -0.15) is 0 Å². The molecular formula is C35H41N5O4. The van der Waals surface area contributed by atoms with Gasteiger partial charge >= 0.3 is 11.7 Å². The number of nitrogens with one attached hydrogen (secondary N) is 1. The Balaban J connectivity index is 1.14. The van der Waals surface area contributed by atoms with Crippen LogP contribution < -0.4 is 10.6 Å². The fourth-order valence-corrected chi connectivity index (χ4v) is 6.60. The van der Waals surface area contributed by atoms with Crippen LogP contribution in [0.4, 0.5) is 5.69 Å². The van der Waals surface area contributed by atoms with Gasteiger partial charge < -0.3 is 24.4 Å². The number of imidazole rings is 1. The number of fused-ring (bicyclic) bond motifs is 1. The molecule has 9 heteroatoms. The minimum absolute atomic E-state index is 0.0735. The van der Waals surface area contributed by atoms with Crippen molar-refractivity contribution in [3.05, 3.63) is 100 Å². The van der Waals surface area contributed by atoms with Gasteiger partial charge in [-0.1, -0.05) is 42.5 Å². The predicted octanol–water partition coefficient (Wildman–Crippen LogP) is 5.02. The zero-order chi connectivity index (χ0) is 30.9. The highest BCUT2D eigenvalue weighted by Gasteiger charge is 2.53. The van der Waals surface area contributed by atoms with Crippen LogP contribution in [0.5, 0.6) is 0 Å². The van der Waals surface area contributed by atoms with Crippen LogP contribution in [-0.2, 0) is 22.6 Å². The molecule has 2 aliphatic heterocycles. The van der Waals surface area contributed by atoms with E-state index in [0.29, 0.717) is 25.3 Å². The van der Waals surface area contributed by atoms with Gasteiger partial charge in [-0.05, 0) is 88.5 Å². The molecule has 0 atom stereocenters. The first-order valence-corrected chi connectivity index (χ1v) is 15.5. The number of nitrogens with zero attached hydrogens (tertiary/aromatic N) is 4. The molecule has 0 aliphatic carbocycles. The Morgan fingerprint density at radius 2 is 1.64 bits per heavy atom. The molecule has 9 nitrogen and oxygen atoms in total. The van der Waals surface area contributed by atoms with E-state index >= 15 is 0 Å². The van der Waals surface area contributed by atoms with Crippen LogP contribution in [0.1, 0.15) is 56.0 Å². The van der Waals surface area contributed by atoms with Gasteiger partial charge in [0.25, 0.3) is 0 Å². The number of rotatable bonds is 8. The van der Waals surface area contributed by atoms with Crippen molar-refractivity contribution < 1.29 is 14.3 Å². The number of aromatic amines is 1. The SMILES string of the molecule is CC(C)(C)OC(=O)c1cccc(CN2CN(c3ccccc3)C3(CCN(CCCn4c(=O)[nH]c5ccccc54)CC3)C2=O)c1. The molecule has 2 aliphatic rings.